The number of ether oxygens (including phenoxy) is 1. The van der Waals surface area contributed by atoms with Crippen molar-refractivity contribution in [3.8, 4) is 11.1 Å². The predicted molar refractivity (Wildman–Crippen MR) is 350 cm³/mol. The second kappa shape index (κ2) is 34.9. The number of primary amides is 1. The molecule has 8 atom stereocenters. The lowest BCUT2D eigenvalue weighted by Gasteiger charge is -2.29. The Bertz CT molecular complexity index is 3270. The molecule has 0 spiro atoms. The van der Waals surface area contributed by atoms with Crippen LogP contribution in [-0.4, -0.2) is 202 Å². The number of nitrogens with two attached hydrogens (primary N) is 1. The molecule has 6 rings (SSSR count). The van der Waals surface area contributed by atoms with E-state index in [4.69, 9.17) is 10.5 Å². The second-order valence-electron chi connectivity index (χ2n) is 26.7. The Labute approximate surface area is 558 Å². The summed E-state index contributed by atoms with van der Waals surface area (Å²) < 4.78 is 5.74. The highest BCUT2D eigenvalue weighted by Crippen LogP contribution is 2.45. The third kappa shape index (κ3) is 21.6. The lowest BCUT2D eigenvalue weighted by molar-refractivity contribution is -0.144. The highest BCUT2D eigenvalue weighted by molar-refractivity contribution is 6.22. The van der Waals surface area contributed by atoms with Crippen molar-refractivity contribution in [1.82, 2.24) is 52.3 Å². The molecule has 4 aliphatic rings. The van der Waals surface area contributed by atoms with Gasteiger partial charge < -0.3 is 73.2 Å². The van der Waals surface area contributed by atoms with Crippen LogP contribution < -0.4 is 48.3 Å². The minimum Gasteiger partial charge on any atom is -0.511 e. The molecule has 0 unspecified atom stereocenters. The van der Waals surface area contributed by atoms with E-state index in [0.29, 0.717) is 31.4 Å². The molecule has 0 aromatic heterocycles. The van der Waals surface area contributed by atoms with Crippen molar-refractivity contribution >= 4 is 82.6 Å². The Balaban J connectivity index is 0.940. The molecule has 2 saturated heterocycles. The maximum atomic E-state index is 13.8. The summed E-state index contributed by atoms with van der Waals surface area (Å²) >= 11 is 0. The van der Waals surface area contributed by atoms with Gasteiger partial charge in [0.25, 0.3) is 0 Å². The first-order valence-corrected chi connectivity index (χ1v) is 32.7. The molecule has 29 nitrogen and oxygen atoms in total. The zero-order valence-corrected chi connectivity index (χ0v) is 55.9. The summed E-state index contributed by atoms with van der Waals surface area (Å²) in [6, 6.07) is 6.75. The molecule has 2 aromatic carbocycles. The van der Waals surface area contributed by atoms with Gasteiger partial charge in [-0.15, -0.1) is 0 Å². The highest BCUT2D eigenvalue weighted by Gasteiger charge is 2.42. The number of aliphatic carboxylic acids is 1. The van der Waals surface area contributed by atoms with Crippen LogP contribution in [0.25, 0.3) is 11.1 Å². The van der Waals surface area contributed by atoms with Crippen LogP contribution in [0.4, 0.5) is 4.79 Å². The lowest BCUT2D eigenvalue weighted by atomic mass is 9.76. The second-order valence-corrected chi connectivity index (χ2v) is 26.7. The minimum atomic E-state index is -1.46. The first kappa shape index (κ1) is 75.7. The number of carboxylic acid groups (broad SMARTS) is 1. The van der Waals surface area contributed by atoms with Crippen molar-refractivity contribution in [2.75, 3.05) is 45.9 Å². The number of allylic oxidation sites excluding steroid dienone is 2. The first-order valence-electron chi connectivity index (χ1n) is 32.7. The van der Waals surface area contributed by atoms with E-state index in [1.54, 1.807) is 34.6 Å². The standard InChI is InChI=1S/C67H94N12O17/c1-36(2)26-48(61(89)72-33-57(86)78-25-15-21-50(78)64(92)75-47(65(93)94)20-13-14-24-69-38(5)58-52(81)29-67(7,8)30-53(58)82)76-59(87)39(6)73-55(84)31-70-60(88)49(27-37(3)4)77-62(90)46(22-23-54(68)83)74-56(85)32-71-63(91)51-28-40(80)34-79(51)66(95)96-35-45-43-18-11-9-16-41(43)42-17-10-12-19-44(42)45/h9-12,16-19,36-37,39-40,45-51,80-81H,13-15,20-35H2,1-8H3,(H2,68,83)(H,70,88)(H,71,91)(H,72,89)(H,73,84)(H,74,85)(H,75,92)(H,76,87)(H,77,90)(H,93,94)/t39-,40+,46-,47-,48-,49-,50-,51-/m0/s1. The van der Waals surface area contributed by atoms with Gasteiger partial charge in [-0.3, -0.25) is 62.6 Å². The van der Waals surface area contributed by atoms with Gasteiger partial charge in [-0.2, -0.15) is 0 Å². The smallest absolute Gasteiger partial charge is 0.410 e. The fourth-order valence-corrected chi connectivity index (χ4v) is 12.4. The van der Waals surface area contributed by atoms with Crippen molar-refractivity contribution in [3.63, 3.8) is 0 Å². The van der Waals surface area contributed by atoms with E-state index in [9.17, 15) is 77.6 Å². The third-order valence-electron chi connectivity index (χ3n) is 17.1. The number of carbonyl (C=O) groups is 13. The number of aliphatic hydroxyl groups excluding tert-OH is 2. The van der Waals surface area contributed by atoms with Crippen LogP contribution in [0.2, 0.25) is 0 Å². The van der Waals surface area contributed by atoms with E-state index in [2.05, 4.69) is 47.5 Å². The number of aliphatic imine (C=N–C) groups is 1. The number of likely N-dealkylation sites (tertiary alicyclic amines) is 2. The fraction of sp³-hybridized carbons (Fsp3) is 0.582. The Hall–Kier alpha value is -9.28. The molecule has 524 valence electrons. The molecule has 0 bridgehead atoms. The summed E-state index contributed by atoms with van der Waals surface area (Å²) in [6.45, 7) is 12.0. The van der Waals surface area contributed by atoms with Crippen molar-refractivity contribution in [1.29, 1.82) is 0 Å². The molecule has 0 radical (unpaired) electrons. The molecule has 13 N–H and O–H groups in total. The van der Waals surface area contributed by atoms with Crippen molar-refractivity contribution < 1.29 is 82.4 Å². The largest absolute Gasteiger partial charge is 0.511 e. The number of benzene rings is 2. The molecule has 29 heteroatoms. The number of fused-ring (bicyclic) bond motifs is 3. The minimum absolute atomic E-state index is 0.00500. The zero-order chi connectivity index (χ0) is 70.7. The van der Waals surface area contributed by atoms with Crippen LogP contribution >= 0.6 is 0 Å². The molecular weight excluding hydrogens is 1240 g/mol. The molecule has 2 aliphatic heterocycles. The summed E-state index contributed by atoms with van der Waals surface area (Å²) in [4.78, 5) is 179. The number of unbranched alkanes of at least 4 members (excludes halogenated alkanes) is 1. The highest BCUT2D eigenvalue weighted by atomic mass is 16.6. The van der Waals surface area contributed by atoms with Crippen molar-refractivity contribution in [2.45, 2.75) is 187 Å². The van der Waals surface area contributed by atoms with Crippen molar-refractivity contribution in [2.24, 2.45) is 28.0 Å². The van der Waals surface area contributed by atoms with E-state index < -0.39 is 139 Å². The summed E-state index contributed by atoms with van der Waals surface area (Å²) in [7, 11) is 0. The topological polar surface area (TPSA) is 433 Å². The molecule has 96 heavy (non-hydrogen) atoms. The van der Waals surface area contributed by atoms with Crippen LogP contribution in [0, 0.1) is 17.3 Å². The molecule has 2 aliphatic carbocycles. The predicted octanol–water partition coefficient (Wildman–Crippen LogP) is 1.43. The van der Waals surface area contributed by atoms with E-state index in [0.717, 1.165) is 27.2 Å². The number of hydrogen-bond donors (Lipinski definition) is 12. The van der Waals surface area contributed by atoms with Gasteiger partial charge in [-0.1, -0.05) is 90.1 Å². The van der Waals surface area contributed by atoms with Gasteiger partial charge in [-0.25, -0.2) is 9.59 Å². The van der Waals surface area contributed by atoms with Gasteiger partial charge >= 0.3 is 12.1 Å². The van der Waals surface area contributed by atoms with E-state index >= 15 is 0 Å². The van der Waals surface area contributed by atoms with Crippen LogP contribution in [0.3, 0.4) is 0 Å². The van der Waals surface area contributed by atoms with E-state index in [-0.39, 0.29) is 118 Å². The molecule has 2 heterocycles. The average Bonchev–Trinajstić information content (AvgIpc) is 1.60. The number of nitrogens with one attached hydrogen (secondary N) is 8. The van der Waals surface area contributed by atoms with Crippen LogP contribution in [0.1, 0.15) is 149 Å². The Morgan fingerprint density at radius 3 is 1.85 bits per heavy atom. The number of aliphatic hydroxyl groups is 2. The van der Waals surface area contributed by atoms with Gasteiger partial charge in [0, 0.05) is 50.4 Å². The van der Waals surface area contributed by atoms with Gasteiger partial charge in [0.1, 0.15) is 54.7 Å². The van der Waals surface area contributed by atoms with E-state index in [1.165, 1.54) is 11.8 Å². The molecule has 2 aromatic rings. The van der Waals surface area contributed by atoms with Gasteiger partial charge in [0.05, 0.1) is 37.9 Å². The third-order valence-corrected chi connectivity index (χ3v) is 17.1. The summed E-state index contributed by atoms with van der Waals surface area (Å²) in [6.07, 6.45) is -0.548. The van der Waals surface area contributed by atoms with Crippen LogP contribution in [0.15, 0.2) is 64.9 Å². The Morgan fingerprint density at radius 1 is 0.677 bits per heavy atom. The monoisotopic (exact) mass is 1340 g/mol. The number of amides is 11. The summed E-state index contributed by atoms with van der Waals surface area (Å²) in [5.74, 6) is -10.1. The number of β-amino-alcohol motifs (C(OH)–C–C–N with tert-alkyl or cyclic N) is 1. The number of rotatable bonds is 33. The number of carboxylic acids is 1. The van der Waals surface area contributed by atoms with Crippen molar-refractivity contribution in [3.05, 3.63) is 71.0 Å². The van der Waals surface area contributed by atoms with Gasteiger partial charge in [0.15, 0.2) is 5.78 Å². The lowest BCUT2D eigenvalue weighted by Crippen LogP contribution is -2.57. The molecule has 0 saturated carbocycles. The molecule has 11 amide bonds. The summed E-state index contributed by atoms with van der Waals surface area (Å²) in [5.41, 5.74) is 9.62. The molecular formula is C67H94N12O17. The molecule has 2 fully saturated rings. The maximum Gasteiger partial charge on any atom is 0.410 e. The van der Waals surface area contributed by atoms with Crippen LogP contribution in [-0.2, 0) is 62.3 Å². The van der Waals surface area contributed by atoms with Crippen LogP contribution in [0.5, 0.6) is 0 Å². The van der Waals surface area contributed by atoms with E-state index in [1.807, 2.05) is 62.4 Å². The Morgan fingerprint density at radius 2 is 1.26 bits per heavy atom. The Kier molecular flexibility index (Phi) is 27.6. The quantitative estimate of drug-likeness (QED) is 0.0355. The average molecular weight is 1340 g/mol. The number of hydrogen-bond acceptors (Lipinski definition) is 17. The maximum absolute atomic E-state index is 13.8. The number of Topliss-reactive ketones (excluding diaryl/α,β-unsaturated/α-hetero) is 1. The van der Waals surface area contributed by atoms with Gasteiger partial charge in [0.2, 0.25) is 59.1 Å². The summed E-state index contributed by atoms with van der Waals surface area (Å²) in [5, 5.41) is 51.0. The normalized spacial score (nSPS) is 19.0. The number of nitrogens with zero attached hydrogens (tertiary/aromatic N) is 3. The SMILES string of the molecule is CC(=NCCCC[C@H](NC(=O)[C@@H]1CCCN1C(=O)CNC(=O)[C@H](CC(C)C)NC(=O)[C@H](C)NC(=O)CNC(=O)[C@H](CC(C)C)NC(=O)[C@H](CCC(N)=O)NC(=O)CNC(=O)[C@@H]1C[C@@H](O)CN1C(=O)OCC1c2ccccc2-c2ccccc21)C(=O)O)C1=C(O)CC(C)(C)CC1=O. The first-order chi connectivity index (χ1) is 45.3. The van der Waals surface area contributed by atoms with Gasteiger partial charge in [-0.05, 0) is 105 Å². The number of carbonyl (C=O) groups excluding carboxylic acids is 12. The fourth-order valence-electron chi connectivity index (χ4n) is 12.4. The zero-order valence-electron chi connectivity index (χ0n) is 55.9. The number of ketones is 1.